The molecule has 0 amide bonds. The van der Waals surface area contributed by atoms with Gasteiger partial charge in [-0.1, -0.05) is 31.2 Å². The highest BCUT2D eigenvalue weighted by atomic mass is 28.2. The zero-order chi connectivity index (χ0) is 16.6. The largest absolute Gasteiger partial charge is 0.424 e. The summed E-state index contributed by atoms with van der Waals surface area (Å²) in [7, 11) is -0.432. The second kappa shape index (κ2) is 15.5. The standard InChI is InChI=1S/C18H36O3Si/c1-6-11-21-22-18(9-7-12-19-14-16(2)3)10-8-13-20-15-17(4)5/h18H,2,4,6-15,22H2,1,3,5H3. The van der Waals surface area contributed by atoms with Crippen molar-refractivity contribution in [3.63, 3.8) is 0 Å². The van der Waals surface area contributed by atoms with Gasteiger partial charge in [0.2, 0.25) is 0 Å². The van der Waals surface area contributed by atoms with Gasteiger partial charge in [-0.15, -0.1) is 0 Å². The molecule has 0 fully saturated rings. The molecule has 0 aliphatic heterocycles. The molecule has 0 N–H and O–H groups in total. The molecule has 0 aromatic rings. The minimum atomic E-state index is -0.432. The van der Waals surface area contributed by atoms with Crippen LogP contribution in [0.1, 0.15) is 52.9 Å². The van der Waals surface area contributed by atoms with E-state index in [1.54, 1.807) is 0 Å². The molecule has 0 radical (unpaired) electrons. The van der Waals surface area contributed by atoms with Crippen LogP contribution in [0.3, 0.4) is 0 Å². The van der Waals surface area contributed by atoms with Crippen LogP contribution in [0.15, 0.2) is 24.3 Å². The smallest absolute Gasteiger partial charge is 0.164 e. The van der Waals surface area contributed by atoms with E-state index in [-0.39, 0.29) is 0 Å². The molecule has 0 rings (SSSR count). The van der Waals surface area contributed by atoms with Crippen LogP contribution in [-0.4, -0.2) is 42.8 Å². The van der Waals surface area contributed by atoms with Gasteiger partial charge in [0.1, 0.15) is 0 Å². The number of ether oxygens (including phenoxy) is 2. The van der Waals surface area contributed by atoms with E-state index in [1.807, 2.05) is 13.8 Å². The SMILES string of the molecule is C=C(C)COCCCC(CCCOCC(=C)C)[SiH2]OCCC. The van der Waals surface area contributed by atoms with Gasteiger partial charge in [0.25, 0.3) is 0 Å². The zero-order valence-corrected chi connectivity index (χ0v) is 16.4. The molecular formula is C18H36O3Si. The molecule has 0 atom stereocenters. The van der Waals surface area contributed by atoms with E-state index in [2.05, 4.69) is 20.1 Å². The van der Waals surface area contributed by atoms with E-state index in [0.29, 0.717) is 13.2 Å². The van der Waals surface area contributed by atoms with Crippen LogP contribution in [-0.2, 0) is 13.9 Å². The zero-order valence-electron chi connectivity index (χ0n) is 15.0. The van der Waals surface area contributed by atoms with Gasteiger partial charge in [0, 0.05) is 19.8 Å². The Kier molecular flexibility index (Phi) is 15.2. The molecule has 0 saturated heterocycles. The molecule has 0 saturated carbocycles. The van der Waals surface area contributed by atoms with Crippen molar-refractivity contribution in [1.29, 1.82) is 0 Å². The van der Waals surface area contributed by atoms with Crippen molar-refractivity contribution in [2.24, 2.45) is 0 Å². The topological polar surface area (TPSA) is 27.7 Å². The second-order valence-electron chi connectivity index (χ2n) is 6.24. The maximum Gasteiger partial charge on any atom is 0.164 e. The van der Waals surface area contributed by atoms with Gasteiger partial charge in [0.05, 0.1) is 13.2 Å². The summed E-state index contributed by atoms with van der Waals surface area (Å²) in [4.78, 5) is 0. The Hall–Kier alpha value is -0.423. The lowest BCUT2D eigenvalue weighted by molar-refractivity contribution is 0.145. The molecule has 0 aliphatic carbocycles. The fourth-order valence-electron chi connectivity index (χ4n) is 2.15. The molecule has 0 unspecified atom stereocenters. The molecule has 0 aromatic heterocycles. The Morgan fingerprint density at radius 2 is 1.41 bits per heavy atom. The van der Waals surface area contributed by atoms with E-state index < -0.39 is 9.76 Å². The first-order chi connectivity index (χ1) is 10.6. The normalized spacial score (nSPS) is 11.6. The summed E-state index contributed by atoms with van der Waals surface area (Å²) >= 11 is 0. The quantitative estimate of drug-likeness (QED) is 0.243. The molecule has 3 nitrogen and oxygen atoms in total. The predicted octanol–water partition coefficient (Wildman–Crippen LogP) is 4.03. The highest BCUT2D eigenvalue weighted by molar-refractivity contribution is 6.29. The van der Waals surface area contributed by atoms with Crippen molar-refractivity contribution in [1.82, 2.24) is 0 Å². The fraction of sp³-hybridized carbons (Fsp3) is 0.778. The first-order valence-corrected chi connectivity index (χ1v) is 9.97. The Morgan fingerprint density at radius 1 is 0.909 bits per heavy atom. The summed E-state index contributed by atoms with van der Waals surface area (Å²) in [6.07, 6.45) is 5.78. The minimum Gasteiger partial charge on any atom is -0.424 e. The van der Waals surface area contributed by atoms with Crippen molar-refractivity contribution >= 4 is 9.76 Å². The summed E-state index contributed by atoms with van der Waals surface area (Å²) in [5.41, 5.74) is 2.92. The maximum atomic E-state index is 5.86. The van der Waals surface area contributed by atoms with Crippen LogP contribution < -0.4 is 0 Å². The number of hydrogen-bond donors (Lipinski definition) is 0. The molecule has 0 aliphatic rings. The molecule has 0 aromatic carbocycles. The molecule has 4 heteroatoms. The van der Waals surface area contributed by atoms with Crippen molar-refractivity contribution < 1.29 is 13.9 Å². The third-order valence-corrected chi connectivity index (χ3v) is 5.01. The highest BCUT2D eigenvalue weighted by Crippen LogP contribution is 2.19. The van der Waals surface area contributed by atoms with Crippen LogP contribution >= 0.6 is 0 Å². The third-order valence-electron chi connectivity index (χ3n) is 3.20. The minimum absolute atomic E-state index is 0.432. The van der Waals surface area contributed by atoms with Gasteiger partial charge in [0.15, 0.2) is 9.76 Å². The van der Waals surface area contributed by atoms with Crippen molar-refractivity contribution in [2.45, 2.75) is 58.4 Å². The summed E-state index contributed by atoms with van der Waals surface area (Å²) in [6.45, 7) is 17.8. The lowest BCUT2D eigenvalue weighted by Crippen LogP contribution is -2.12. The average molecular weight is 329 g/mol. The van der Waals surface area contributed by atoms with E-state index in [9.17, 15) is 0 Å². The van der Waals surface area contributed by atoms with Crippen LogP contribution in [0.5, 0.6) is 0 Å². The maximum absolute atomic E-state index is 5.86. The fourth-order valence-corrected chi connectivity index (χ4v) is 3.85. The lowest BCUT2D eigenvalue weighted by atomic mass is 10.1. The Labute approximate surface area is 140 Å². The van der Waals surface area contributed by atoms with Crippen molar-refractivity contribution in [3.8, 4) is 0 Å². The monoisotopic (exact) mass is 328 g/mol. The van der Waals surface area contributed by atoms with Gasteiger partial charge < -0.3 is 13.9 Å². The predicted molar refractivity (Wildman–Crippen MR) is 98.3 cm³/mol. The number of rotatable bonds is 16. The van der Waals surface area contributed by atoms with Crippen LogP contribution in [0, 0.1) is 0 Å². The third kappa shape index (κ3) is 16.0. The molecular weight excluding hydrogens is 292 g/mol. The summed E-state index contributed by atoms with van der Waals surface area (Å²) in [5.74, 6) is 0. The summed E-state index contributed by atoms with van der Waals surface area (Å²) < 4.78 is 17.0. The molecule has 22 heavy (non-hydrogen) atoms. The van der Waals surface area contributed by atoms with Gasteiger partial charge in [-0.2, -0.15) is 0 Å². The van der Waals surface area contributed by atoms with Crippen molar-refractivity contribution in [3.05, 3.63) is 24.3 Å². The van der Waals surface area contributed by atoms with Crippen LogP contribution in [0.25, 0.3) is 0 Å². The molecule has 0 heterocycles. The molecule has 0 spiro atoms. The Morgan fingerprint density at radius 3 is 1.82 bits per heavy atom. The lowest BCUT2D eigenvalue weighted by Gasteiger charge is -2.16. The highest BCUT2D eigenvalue weighted by Gasteiger charge is 2.10. The van der Waals surface area contributed by atoms with Gasteiger partial charge in [-0.3, -0.25) is 0 Å². The average Bonchev–Trinajstić information content (AvgIpc) is 2.45. The second-order valence-corrected chi connectivity index (χ2v) is 8.14. The molecule has 0 bridgehead atoms. The Balaban J connectivity index is 3.78. The summed E-state index contributed by atoms with van der Waals surface area (Å²) in [6, 6.07) is 0. The first kappa shape index (κ1) is 21.6. The first-order valence-electron chi connectivity index (χ1n) is 8.58. The van der Waals surface area contributed by atoms with E-state index in [0.717, 1.165) is 55.8 Å². The van der Waals surface area contributed by atoms with Crippen LogP contribution in [0.4, 0.5) is 0 Å². The van der Waals surface area contributed by atoms with E-state index in [4.69, 9.17) is 13.9 Å². The summed E-state index contributed by atoms with van der Waals surface area (Å²) in [5, 5.41) is 0. The van der Waals surface area contributed by atoms with Gasteiger partial charge in [-0.25, -0.2) is 0 Å². The molecule has 130 valence electrons. The van der Waals surface area contributed by atoms with E-state index in [1.165, 1.54) is 12.8 Å². The van der Waals surface area contributed by atoms with E-state index >= 15 is 0 Å². The van der Waals surface area contributed by atoms with Gasteiger partial charge >= 0.3 is 0 Å². The number of hydrogen-bond acceptors (Lipinski definition) is 3. The van der Waals surface area contributed by atoms with Crippen LogP contribution in [0.2, 0.25) is 5.54 Å². The van der Waals surface area contributed by atoms with Gasteiger partial charge in [-0.05, 0) is 51.5 Å². The Bertz CT molecular complexity index is 268. The van der Waals surface area contributed by atoms with Crippen molar-refractivity contribution in [2.75, 3.05) is 33.0 Å².